The summed E-state index contributed by atoms with van der Waals surface area (Å²) < 4.78 is 6.10. The number of rotatable bonds is 3. The first-order valence-corrected chi connectivity index (χ1v) is 6.99. The summed E-state index contributed by atoms with van der Waals surface area (Å²) in [5, 5.41) is 0. The van der Waals surface area contributed by atoms with Gasteiger partial charge in [-0.1, -0.05) is 0 Å². The Morgan fingerprint density at radius 2 is 2.00 bits per heavy atom. The smallest absolute Gasteiger partial charge is 0.107 e. The van der Waals surface area contributed by atoms with Crippen LogP contribution in [0, 0.1) is 0 Å². The molecular weight excluding hydrogens is 332 g/mol. The molecular formula is C9H11IO2Zn. The van der Waals surface area contributed by atoms with Crippen LogP contribution >= 0.6 is 24.0 Å². The monoisotopic (exact) mass is 342 g/mol. The van der Waals surface area contributed by atoms with Crippen molar-refractivity contribution in [3.8, 4) is 0 Å². The van der Waals surface area contributed by atoms with Crippen LogP contribution in [0.5, 0.6) is 0 Å². The van der Waals surface area contributed by atoms with Crippen LogP contribution in [-0.4, -0.2) is 11.2 Å². The van der Waals surface area contributed by atoms with E-state index in [-0.39, 0.29) is 28.5 Å². The van der Waals surface area contributed by atoms with E-state index in [1.54, 1.807) is 0 Å². The minimum atomic E-state index is -1.29. The van der Waals surface area contributed by atoms with Crippen molar-refractivity contribution >= 4 is 32.7 Å². The second-order valence-electron chi connectivity index (χ2n) is 2.47. The van der Waals surface area contributed by atoms with Crippen LogP contribution in [0.2, 0.25) is 0 Å². The number of hydrogen-bond donors (Lipinski definition) is 0. The molecule has 0 spiro atoms. The molecule has 0 aliphatic rings. The minimum absolute atomic E-state index is 0. The molecule has 0 aromatic heterocycles. The molecule has 0 saturated carbocycles. The fourth-order valence-corrected chi connectivity index (χ4v) is 3.38. The first-order chi connectivity index (χ1) is 5.83. The number of ether oxygens (including phenoxy) is 1. The molecule has 0 unspecified atom stereocenters. The van der Waals surface area contributed by atoms with E-state index in [1.807, 2.05) is 37.3 Å². The Balaban J connectivity index is 0.00000144. The predicted molar refractivity (Wildman–Crippen MR) is 58.5 cm³/mol. The first kappa shape index (κ1) is 13.0. The van der Waals surface area contributed by atoms with Crippen molar-refractivity contribution in [1.29, 1.82) is 0 Å². The number of carbonyl (C=O) groups is 1. The average Bonchev–Trinajstić information content (AvgIpc) is 2.06. The van der Waals surface area contributed by atoms with E-state index in [9.17, 15) is 4.79 Å². The van der Waals surface area contributed by atoms with Crippen LogP contribution in [0.15, 0.2) is 30.3 Å². The molecule has 2 nitrogen and oxygen atoms in total. The van der Waals surface area contributed by atoms with Gasteiger partial charge in [0.1, 0.15) is 0 Å². The Kier molecular flexibility index (Phi) is 7.47. The molecule has 0 aliphatic heterocycles. The third kappa shape index (κ3) is 5.37. The van der Waals surface area contributed by atoms with Gasteiger partial charge in [0, 0.05) is 0 Å². The van der Waals surface area contributed by atoms with E-state index in [0.717, 1.165) is 0 Å². The molecule has 13 heavy (non-hydrogen) atoms. The standard InChI is InChI=1S/C6H5.C3H5O2.HI.Zn/c1-2-4-6-5-3-1;1-2-5-3-4;;/h1-5H;2H2,1H3;1H;. The first-order valence-electron chi connectivity index (χ1n) is 4.02. The molecule has 0 heterocycles. The zero-order chi connectivity index (χ0) is 8.81. The summed E-state index contributed by atoms with van der Waals surface area (Å²) in [6, 6.07) is 9.87. The van der Waals surface area contributed by atoms with Crippen molar-refractivity contribution in [2.45, 2.75) is 6.92 Å². The van der Waals surface area contributed by atoms with Gasteiger partial charge in [0.2, 0.25) is 0 Å². The maximum Gasteiger partial charge on any atom is -0.107 e. The van der Waals surface area contributed by atoms with E-state index in [0.29, 0.717) is 6.61 Å². The van der Waals surface area contributed by atoms with Gasteiger partial charge in [0.25, 0.3) is 0 Å². The van der Waals surface area contributed by atoms with Gasteiger partial charge in [-0.3, -0.25) is 0 Å². The minimum Gasteiger partial charge on any atom is -0.107 e. The average molecular weight is 343 g/mol. The molecule has 0 bridgehead atoms. The van der Waals surface area contributed by atoms with Crippen LogP contribution in [0.25, 0.3) is 0 Å². The molecule has 1 aromatic carbocycles. The van der Waals surface area contributed by atoms with Crippen molar-refractivity contribution in [2.75, 3.05) is 6.61 Å². The van der Waals surface area contributed by atoms with E-state index in [4.69, 9.17) is 4.74 Å². The number of benzene rings is 1. The van der Waals surface area contributed by atoms with Gasteiger partial charge in [-0.15, -0.1) is 24.0 Å². The Labute approximate surface area is 103 Å². The van der Waals surface area contributed by atoms with Gasteiger partial charge in [0.05, 0.1) is 0 Å². The van der Waals surface area contributed by atoms with Crippen LogP contribution in [0.1, 0.15) is 6.92 Å². The Morgan fingerprint density at radius 3 is 2.54 bits per heavy atom. The molecule has 1 aromatic rings. The molecule has 0 amide bonds. The molecule has 68 valence electrons. The van der Waals surface area contributed by atoms with Gasteiger partial charge in [-0.05, 0) is 0 Å². The summed E-state index contributed by atoms with van der Waals surface area (Å²) in [5.41, 5.74) is 0. The Hall–Kier alpha value is 0.0434. The summed E-state index contributed by atoms with van der Waals surface area (Å²) in [5.74, 6) is 0. The predicted octanol–water partition coefficient (Wildman–Crippen LogP) is 2.17. The van der Waals surface area contributed by atoms with Crippen LogP contribution in [0.4, 0.5) is 4.79 Å². The summed E-state index contributed by atoms with van der Waals surface area (Å²) in [6.07, 6.45) is 0. The topological polar surface area (TPSA) is 26.3 Å². The van der Waals surface area contributed by atoms with Crippen LogP contribution in [-0.2, 0) is 21.9 Å². The Morgan fingerprint density at radius 1 is 1.38 bits per heavy atom. The van der Waals surface area contributed by atoms with E-state index in [2.05, 4.69) is 0 Å². The molecule has 0 N–H and O–H groups in total. The normalized spacial score (nSPS) is 8.08. The molecule has 0 saturated heterocycles. The summed E-state index contributed by atoms with van der Waals surface area (Å²) >= 11 is -1.29. The summed E-state index contributed by atoms with van der Waals surface area (Å²) in [4.78, 5) is 11.1. The SMILES string of the molecule is CCO[C](=O)[Zn][c]1ccccc1.I. The fraction of sp³-hybridized carbons (Fsp3) is 0.222. The maximum atomic E-state index is 11.1. The van der Waals surface area contributed by atoms with Gasteiger partial charge in [-0.25, -0.2) is 0 Å². The second-order valence-corrected chi connectivity index (χ2v) is 6.13. The zero-order valence-electron chi connectivity index (χ0n) is 7.53. The fourth-order valence-electron chi connectivity index (χ4n) is 0.975. The van der Waals surface area contributed by atoms with Gasteiger partial charge in [-0.2, -0.15) is 0 Å². The van der Waals surface area contributed by atoms with E-state index in [1.165, 1.54) is 4.16 Å². The molecule has 0 radical (unpaired) electrons. The summed E-state index contributed by atoms with van der Waals surface area (Å²) in [7, 11) is 0. The molecule has 1 rings (SSSR count). The second kappa shape index (κ2) is 7.45. The third-order valence-corrected chi connectivity index (χ3v) is 4.38. The van der Waals surface area contributed by atoms with Crippen molar-refractivity contribution in [3.63, 3.8) is 0 Å². The van der Waals surface area contributed by atoms with Crippen molar-refractivity contribution < 1.29 is 26.7 Å². The van der Waals surface area contributed by atoms with Gasteiger partial charge < -0.3 is 0 Å². The zero-order valence-corrected chi connectivity index (χ0v) is 12.8. The quantitative estimate of drug-likeness (QED) is 0.621. The Bertz CT molecular complexity index is 251. The number of halogens is 1. The molecule has 4 heteroatoms. The molecule has 0 fully saturated rings. The molecule has 0 atom stereocenters. The largest absolute Gasteiger partial charge is 0.107 e. The van der Waals surface area contributed by atoms with Crippen LogP contribution < -0.4 is 4.16 Å². The van der Waals surface area contributed by atoms with Crippen molar-refractivity contribution in [1.82, 2.24) is 0 Å². The van der Waals surface area contributed by atoms with Crippen LogP contribution in [0.3, 0.4) is 0 Å². The van der Waals surface area contributed by atoms with E-state index >= 15 is 0 Å². The maximum absolute atomic E-state index is 11.1. The van der Waals surface area contributed by atoms with E-state index < -0.39 is 17.1 Å². The third-order valence-electron chi connectivity index (χ3n) is 1.50. The number of hydrogen-bond acceptors (Lipinski definition) is 2. The van der Waals surface area contributed by atoms with Crippen molar-refractivity contribution in [3.05, 3.63) is 30.3 Å². The number of carbonyl (C=O) groups excluding carboxylic acids is 1. The van der Waals surface area contributed by atoms with Gasteiger partial charge >= 0.3 is 79.2 Å². The summed E-state index contributed by atoms with van der Waals surface area (Å²) in [6.45, 7) is 2.34. The van der Waals surface area contributed by atoms with Crippen molar-refractivity contribution in [2.24, 2.45) is 0 Å². The molecule has 0 aliphatic carbocycles. The van der Waals surface area contributed by atoms with Gasteiger partial charge in [0.15, 0.2) is 0 Å².